The molecule has 0 radical (unpaired) electrons. The fourth-order valence-electron chi connectivity index (χ4n) is 2.69. The Morgan fingerprint density at radius 2 is 1.88 bits per heavy atom. The van der Waals surface area contributed by atoms with Gasteiger partial charge in [-0.15, -0.1) is 0 Å². The monoisotopic (exact) mass is 242 g/mol. The van der Waals surface area contributed by atoms with Crippen LogP contribution in [-0.4, -0.2) is 20.8 Å². The molecule has 1 aliphatic rings. The Balaban J connectivity index is 2.24. The van der Waals surface area contributed by atoms with Crippen molar-refractivity contribution in [2.45, 2.75) is 77.2 Å². The molecule has 0 saturated carbocycles. The Morgan fingerprint density at radius 1 is 1.12 bits per heavy atom. The molecule has 1 aliphatic heterocycles. The zero-order chi connectivity index (χ0) is 12.0. The van der Waals surface area contributed by atoms with Gasteiger partial charge in [0.15, 0.2) is 0 Å². The maximum atomic E-state index is 5.93. The molecular weight excluding hydrogens is 212 g/mol. The molecule has 0 N–H and O–H groups in total. The minimum absolute atomic E-state index is 0.605. The van der Waals surface area contributed by atoms with Crippen LogP contribution in [0.2, 0.25) is 25.7 Å². The van der Waals surface area contributed by atoms with Crippen molar-refractivity contribution in [2.24, 2.45) is 5.92 Å². The summed E-state index contributed by atoms with van der Waals surface area (Å²) in [7, 11) is -0.943. The standard InChI is InChI=1S/C14H30OSi/c1-5-6-7-8-9-13-10-11-15-14(13)12-16(2,3)4/h13-14H,5-12H2,1-4H3. The first-order valence-corrected chi connectivity index (χ1v) is 10.9. The van der Waals surface area contributed by atoms with Crippen LogP contribution in [0.5, 0.6) is 0 Å². The molecule has 0 bridgehead atoms. The van der Waals surface area contributed by atoms with E-state index < -0.39 is 8.07 Å². The highest BCUT2D eigenvalue weighted by molar-refractivity contribution is 6.76. The lowest BCUT2D eigenvalue weighted by molar-refractivity contribution is 0.102. The van der Waals surface area contributed by atoms with Crippen LogP contribution < -0.4 is 0 Å². The van der Waals surface area contributed by atoms with E-state index in [4.69, 9.17) is 4.74 Å². The van der Waals surface area contributed by atoms with Crippen molar-refractivity contribution in [1.82, 2.24) is 0 Å². The van der Waals surface area contributed by atoms with E-state index in [9.17, 15) is 0 Å². The van der Waals surface area contributed by atoms with Crippen LogP contribution in [0.4, 0.5) is 0 Å². The molecule has 0 aromatic rings. The smallest absolute Gasteiger partial charge is 0.0580 e. The quantitative estimate of drug-likeness (QED) is 0.464. The van der Waals surface area contributed by atoms with Crippen LogP contribution in [0.15, 0.2) is 0 Å². The molecule has 1 saturated heterocycles. The first kappa shape index (κ1) is 14.2. The summed E-state index contributed by atoms with van der Waals surface area (Å²) in [6, 6.07) is 1.37. The number of hydrogen-bond donors (Lipinski definition) is 0. The average molecular weight is 242 g/mol. The summed E-state index contributed by atoms with van der Waals surface area (Å²) >= 11 is 0. The third-order valence-corrected chi connectivity index (χ3v) is 5.22. The van der Waals surface area contributed by atoms with E-state index in [1.165, 1.54) is 44.6 Å². The van der Waals surface area contributed by atoms with Gasteiger partial charge in [-0.1, -0.05) is 52.2 Å². The van der Waals surface area contributed by atoms with Gasteiger partial charge in [0.1, 0.15) is 0 Å². The van der Waals surface area contributed by atoms with Crippen molar-refractivity contribution < 1.29 is 4.74 Å². The van der Waals surface area contributed by atoms with E-state index in [0.717, 1.165) is 12.5 Å². The fraction of sp³-hybridized carbons (Fsp3) is 1.00. The molecule has 1 nitrogen and oxygen atoms in total. The fourth-order valence-corrected chi connectivity index (χ4v) is 4.34. The molecular formula is C14H30OSi. The van der Waals surface area contributed by atoms with Gasteiger partial charge in [0.2, 0.25) is 0 Å². The summed E-state index contributed by atoms with van der Waals surface area (Å²) in [4.78, 5) is 0. The SMILES string of the molecule is CCCCCCC1CCOC1C[Si](C)(C)C. The van der Waals surface area contributed by atoms with E-state index in [2.05, 4.69) is 26.6 Å². The molecule has 2 unspecified atom stereocenters. The van der Waals surface area contributed by atoms with E-state index in [-0.39, 0.29) is 0 Å². The summed E-state index contributed by atoms with van der Waals surface area (Å²) in [5.41, 5.74) is 0. The van der Waals surface area contributed by atoms with E-state index >= 15 is 0 Å². The molecule has 1 fully saturated rings. The van der Waals surface area contributed by atoms with Crippen molar-refractivity contribution in [1.29, 1.82) is 0 Å². The van der Waals surface area contributed by atoms with Crippen molar-refractivity contribution in [3.05, 3.63) is 0 Å². The predicted octanol–water partition coefficient (Wildman–Crippen LogP) is 4.70. The molecule has 16 heavy (non-hydrogen) atoms. The topological polar surface area (TPSA) is 9.23 Å². The second-order valence-corrected chi connectivity index (χ2v) is 12.1. The second-order valence-electron chi connectivity index (χ2n) is 6.57. The molecule has 0 aliphatic carbocycles. The highest BCUT2D eigenvalue weighted by Crippen LogP contribution is 2.31. The largest absolute Gasteiger partial charge is 0.378 e. The van der Waals surface area contributed by atoms with Crippen molar-refractivity contribution in [3.63, 3.8) is 0 Å². The third kappa shape index (κ3) is 5.49. The molecule has 0 aromatic heterocycles. The Bertz CT molecular complexity index is 186. The van der Waals surface area contributed by atoms with Gasteiger partial charge in [-0.25, -0.2) is 0 Å². The summed E-state index contributed by atoms with van der Waals surface area (Å²) < 4.78 is 5.93. The molecule has 2 heteroatoms. The van der Waals surface area contributed by atoms with Crippen LogP contribution in [0.25, 0.3) is 0 Å². The van der Waals surface area contributed by atoms with Crippen LogP contribution in [-0.2, 0) is 4.74 Å². The molecule has 1 rings (SSSR count). The van der Waals surface area contributed by atoms with Crippen LogP contribution >= 0.6 is 0 Å². The molecule has 1 heterocycles. The zero-order valence-electron chi connectivity index (χ0n) is 11.7. The lowest BCUT2D eigenvalue weighted by atomic mass is 9.95. The average Bonchev–Trinajstić information content (AvgIpc) is 2.58. The Hall–Kier alpha value is 0.177. The second kappa shape index (κ2) is 6.80. The van der Waals surface area contributed by atoms with E-state index in [1.807, 2.05) is 0 Å². The van der Waals surface area contributed by atoms with Gasteiger partial charge in [-0.2, -0.15) is 0 Å². The summed E-state index contributed by atoms with van der Waals surface area (Å²) in [6.07, 6.45) is 8.94. The normalized spacial score (nSPS) is 26.2. The summed E-state index contributed by atoms with van der Waals surface area (Å²) in [6.45, 7) is 10.7. The molecule has 2 atom stereocenters. The van der Waals surface area contributed by atoms with Gasteiger partial charge >= 0.3 is 0 Å². The number of rotatable bonds is 7. The van der Waals surface area contributed by atoms with E-state index in [1.54, 1.807) is 0 Å². The molecule has 96 valence electrons. The van der Waals surface area contributed by atoms with Gasteiger partial charge in [-0.3, -0.25) is 0 Å². The Labute approximate surface area is 103 Å². The van der Waals surface area contributed by atoms with Crippen molar-refractivity contribution in [3.8, 4) is 0 Å². The van der Waals surface area contributed by atoms with Gasteiger partial charge < -0.3 is 4.74 Å². The first-order valence-electron chi connectivity index (χ1n) is 7.14. The van der Waals surface area contributed by atoms with Gasteiger partial charge in [0.25, 0.3) is 0 Å². The minimum atomic E-state index is -0.943. The maximum Gasteiger partial charge on any atom is 0.0580 e. The minimum Gasteiger partial charge on any atom is -0.378 e. The summed E-state index contributed by atoms with van der Waals surface area (Å²) in [5.74, 6) is 0.878. The number of unbranched alkanes of at least 4 members (excludes halogenated alkanes) is 3. The maximum absolute atomic E-state index is 5.93. The highest BCUT2D eigenvalue weighted by atomic mass is 28.3. The van der Waals surface area contributed by atoms with Crippen molar-refractivity contribution >= 4 is 8.07 Å². The van der Waals surface area contributed by atoms with Gasteiger partial charge in [0.05, 0.1) is 6.10 Å². The molecule has 0 amide bonds. The van der Waals surface area contributed by atoms with Crippen LogP contribution in [0, 0.1) is 5.92 Å². The highest BCUT2D eigenvalue weighted by Gasteiger charge is 2.31. The van der Waals surface area contributed by atoms with Gasteiger partial charge in [0, 0.05) is 14.7 Å². The predicted molar refractivity (Wildman–Crippen MR) is 74.8 cm³/mol. The molecule has 0 aromatic carbocycles. The van der Waals surface area contributed by atoms with Crippen LogP contribution in [0.1, 0.15) is 45.4 Å². The number of hydrogen-bond acceptors (Lipinski definition) is 1. The van der Waals surface area contributed by atoms with Crippen LogP contribution in [0.3, 0.4) is 0 Å². The zero-order valence-corrected chi connectivity index (χ0v) is 12.7. The first-order chi connectivity index (χ1) is 7.53. The van der Waals surface area contributed by atoms with E-state index in [0.29, 0.717) is 6.10 Å². The Kier molecular flexibility index (Phi) is 6.05. The molecule has 0 spiro atoms. The van der Waals surface area contributed by atoms with Crippen molar-refractivity contribution in [2.75, 3.05) is 6.61 Å². The number of ether oxygens (including phenoxy) is 1. The van der Waals surface area contributed by atoms with Gasteiger partial charge in [-0.05, 0) is 24.8 Å². The third-order valence-electron chi connectivity index (χ3n) is 3.59. The Morgan fingerprint density at radius 3 is 2.50 bits per heavy atom. The summed E-state index contributed by atoms with van der Waals surface area (Å²) in [5, 5.41) is 0. The lowest BCUT2D eigenvalue weighted by Gasteiger charge is -2.25. The lowest BCUT2D eigenvalue weighted by Crippen LogP contribution is -2.29.